The SMILES string of the molecule is O=Cc1nnc(-c2ncccn2)s1. The highest BCUT2D eigenvalue weighted by atomic mass is 32.1. The summed E-state index contributed by atoms with van der Waals surface area (Å²) < 4.78 is 0. The van der Waals surface area contributed by atoms with Crippen LogP contribution in [0, 0.1) is 0 Å². The fraction of sp³-hybridized carbons (Fsp3) is 0. The Hall–Kier alpha value is -1.69. The maximum atomic E-state index is 10.3. The Morgan fingerprint density at radius 1 is 1.23 bits per heavy atom. The monoisotopic (exact) mass is 192 g/mol. The van der Waals surface area contributed by atoms with E-state index in [1.165, 1.54) is 11.3 Å². The molecule has 0 unspecified atom stereocenters. The van der Waals surface area contributed by atoms with Crippen LogP contribution in [-0.4, -0.2) is 26.5 Å². The van der Waals surface area contributed by atoms with Crippen molar-refractivity contribution in [2.75, 3.05) is 0 Å². The summed E-state index contributed by atoms with van der Waals surface area (Å²) in [4.78, 5) is 18.3. The van der Waals surface area contributed by atoms with Gasteiger partial charge in [-0.1, -0.05) is 11.3 Å². The number of carbonyl (C=O) groups is 1. The van der Waals surface area contributed by atoms with Crippen LogP contribution >= 0.6 is 11.3 Å². The average Bonchev–Trinajstić information content (AvgIpc) is 2.67. The fourth-order valence-electron chi connectivity index (χ4n) is 0.782. The molecule has 2 heterocycles. The maximum absolute atomic E-state index is 10.3. The molecule has 2 aromatic heterocycles. The van der Waals surface area contributed by atoms with Crippen molar-refractivity contribution in [2.24, 2.45) is 0 Å². The van der Waals surface area contributed by atoms with Crippen molar-refractivity contribution in [3.05, 3.63) is 23.5 Å². The highest BCUT2D eigenvalue weighted by Crippen LogP contribution is 2.17. The van der Waals surface area contributed by atoms with Gasteiger partial charge < -0.3 is 0 Å². The summed E-state index contributed by atoms with van der Waals surface area (Å²) in [5.74, 6) is 0.494. The van der Waals surface area contributed by atoms with E-state index >= 15 is 0 Å². The second-order valence-corrected chi connectivity index (χ2v) is 3.14. The van der Waals surface area contributed by atoms with E-state index < -0.39 is 0 Å². The molecule has 2 rings (SSSR count). The molecule has 0 aromatic carbocycles. The van der Waals surface area contributed by atoms with Gasteiger partial charge in [0.15, 0.2) is 22.1 Å². The van der Waals surface area contributed by atoms with Crippen molar-refractivity contribution < 1.29 is 4.79 Å². The molecule has 0 aliphatic carbocycles. The Balaban J connectivity index is 2.41. The molecule has 0 saturated carbocycles. The third kappa shape index (κ3) is 1.57. The van der Waals surface area contributed by atoms with Crippen molar-refractivity contribution in [1.29, 1.82) is 0 Å². The Morgan fingerprint density at radius 3 is 2.62 bits per heavy atom. The summed E-state index contributed by atoms with van der Waals surface area (Å²) in [5, 5.41) is 8.29. The van der Waals surface area contributed by atoms with E-state index in [4.69, 9.17) is 0 Å². The van der Waals surface area contributed by atoms with Crippen LogP contribution in [0.1, 0.15) is 9.80 Å². The number of aromatic nitrogens is 4. The van der Waals surface area contributed by atoms with E-state index in [0.29, 0.717) is 22.1 Å². The summed E-state index contributed by atoms with van der Waals surface area (Å²) in [6.07, 6.45) is 3.89. The minimum atomic E-state index is 0.336. The van der Waals surface area contributed by atoms with Gasteiger partial charge in [0.2, 0.25) is 0 Å². The average molecular weight is 192 g/mol. The summed E-state index contributed by atoms with van der Waals surface area (Å²) in [6, 6.07) is 1.71. The van der Waals surface area contributed by atoms with Crippen molar-refractivity contribution in [2.45, 2.75) is 0 Å². The van der Waals surface area contributed by atoms with Crippen LogP contribution in [0.3, 0.4) is 0 Å². The third-order valence-electron chi connectivity index (χ3n) is 1.30. The standard InChI is InChI=1S/C7H4N4OS/c12-4-5-10-11-7(13-5)6-8-2-1-3-9-6/h1-4H. The quantitative estimate of drug-likeness (QED) is 0.658. The summed E-state index contributed by atoms with van der Waals surface area (Å²) in [6.45, 7) is 0. The Morgan fingerprint density at radius 2 is 2.00 bits per heavy atom. The minimum absolute atomic E-state index is 0.336. The molecule has 13 heavy (non-hydrogen) atoms. The van der Waals surface area contributed by atoms with Crippen molar-refractivity contribution in [1.82, 2.24) is 20.2 Å². The normalized spacial score (nSPS) is 9.85. The molecule has 6 heteroatoms. The Labute approximate surface area is 77.5 Å². The van der Waals surface area contributed by atoms with Gasteiger partial charge in [0, 0.05) is 12.4 Å². The van der Waals surface area contributed by atoms with Gasteiger partial charge in [-0.25, -0.2) is 9.97 Å². The molecule has 0 N–H and O–H groups in total. The first-order chi connectivity index (χ1) is 6.40. The first kappa shape index (κ1) is 7.93. The van der Waals surface area contributed by atoms with Gasteiger partial charge in [-0.2, -0.15) is 0 Å². The highest BCUT2D eigenvalue weighted by Gasteiger charge is 2.06. The van der Waals surface area contributed by atoms with Crippen LogP contribution in [0.15, 0.2) is 18.5 Å². The molecule has 0 fully saturated rings. The minimum Gasteiger partial charge on any atom is -0.295 e. The number of nitrogens with zero attached hydrogens (tertiary/aromatic N) is 4. The lowest BCUT2D eigenvalue weighted by atomic mass is 10.6. The predicted octanol–water partition coefficient (Wildman–Crippen LogP) is 0.808. The summed E-state index contributed by atoms with van der Waals surface area (Å²) in [7, 11) is 0. The molecule has 5 nitrogen and oxygen atoms in total. The van der Waals surface area contributed by atoms with E-state index in [-0.39, 0.29) is 0 Å². The van der Waals surface area contributed by atoms with Gasteiger partial charge in [0.1, 0.15) is 0 Å². The van der Waals surface area contributed by atoms with Gasteiger partial charge in [-0.05, 0) is 6.07 Å². The Kier molecular flexibility index (Phi) is 2.05. The zero-order valence-electron chi connectivity index (χ0n) is 6.41. The molecular weight excluding hydrogens is 188 g/mol. The lowest BCUT2D eigenvalue weighted by Gasteiger charge is -1.88. The topological polar surface area (TPSA) is 68.6 Å². The van der Waals surface area contributed by atoms with Gasteiger partial charge in [-0.15, -0.1) is 10.2 Å². The van der Waals surface area contributed by atoms with Crippen molar-refractivity contribution in [3.63, 3.8) is 0 Å². The first-order valence-electron chi connectivity index (χ1n) is 3.46. The summed E-state index contributed by atoms with van der Waals surface area (Å²) >= 11 is 1.17. The second-order valence-electron chi connectivity index (χ2n) is 2.14. The molecule has 0 spiro atoms. The molecule has 0 bridgehead atoms. The largest absolute Gasteiger partial charge is 0.295 e. The van der Waals surface area contributed by atoms with E-state index in [1.807, 2.05) is 0 Å². The zero-order chi connectivity index (χ0) is 9.10. The smallest absolute Gasteiger partial charge is 0.190 e. The van der Waals surface area contributed by atoms with Crippen LogP contribution in [0.2, 0.25) is 0 Å². The van der Waals surface area contributed by atoms with Crippen LogP contribution in [0.5, 0.6) is 0 Å². The lowest BCUT2D eigenvalue weighted by Crippen LogP contribution is -1.85. The van der Waals surface area contributed by atoms with E-state index in [0.717, 1.165) is 0 Å². The molecule has 0 amide bonds. The van der Waals surface area contributed by atoms with E-state index in [1.54, 1.807) is 18.5 Å². The molecule has 0 atom stereocenters. The predicted molar refractivity (Wildman–Crippen MR) is 46.3 cm³/mol. The first-order valence-corrected chi connectivity index (χ1v) is 4.28. The fourth-order valence-corrected chi connectivity index (χ4v) is 1.39. The zero-order valence-corrected chi connectivity index (χ0v) is 7.23. The molecule has 64 valence electrons. The number of aldehydes is 1. The van der Waals surface area contributed by atoms with Crippen molar-refractivity contribution >= 4 is 17.6 Å². The highest BCUT2D eigenvalue weighted by molar-refractivity contribution is 7.16. The van der Waals surface area contributed by atoms with Gasteiger partial charge in [0.25, 0.3) is 0 Å². The number of hydrogen-bond acceptors (Lipinski definition) is 6. The molecular formula is C7H4N4OS. The van der Waals surface area contributed by atoms with Crippen LogP contribution in [-0.2, 0) is 0 Å². The Bertz CT molecular complexity index is 413. The number of rotatable bonds is 2. The second kappa shape index (κ2) is 3.36. The molecule has 2 aromatic rings. The number of carbonyl (C=O) groups excluding carboxylic acids is 1. The molecule has 0 saturated heterocycles. The van der Waals surface area contributed by atoms with Crippen LogP contribution < -0.4 is 0 Å². The number of hydrogen-bond donors (Lipinski definition) is 0. The van der Waals surface area contributed by atoms with E-state index in [2.05, 4.69) is 20.2 Å². The lowest BCUT2D eigenvalue weighted by molar-refractivity contribution is 0.112. The van der Waals surface area contributed by atoms with Crippen molar-refractivity contribution in [3.8, 4) is 10.8 Å². The molecule has 0 aliphatic heterocycles. The van der Waals surface area contributed by atoms with Gasteiger partial charge >= 0.3 is 0 Å². The maximum Gasteiger partial charge on any atom is 0.190 e. The van der Waals surface area contributed by atoms with Crippen LogP contribution in [0.4, 0.5) is 0 Å². The molecule has 0 radical (unpaired) electrons. The van der Waals surface area contributed by atoms with Gasteiger partial charge in [-0.3, -0.25) is 4.79 Å². The van der Waals surface area contributed by atoms with Gasteiger partial charge in [0.05, 0.1) is 0 Å². The summed E-state index contributed by atoms with van der Waals surface area (Å²) in [5.41, 5.74) is 0. The van der Waals surface area contributed by atoms with Crippen LogP contribution in [0.25, 0.3) is 10.8 Å². The third-order valence-corrected chi connectivity index (χ3v) is 2.14. The van der Waals surface area contributed by atoms with E-state index in [9.17, 15) is 4.79 Å². The molecule has 0 aliphatic rings.